The van der Waals surface area contributed by atoms with Crippen LogP contribution in [0.2, 0.25) is 0 Å². The molecule has 3 aliphatic rings. The number of imide groups is 2. The van der Waals surface area contributed by atoms with Crippen LogP contribution in [0.15, 0.2) is 54.6 Å². The van der Waals surface area contributed by atoms with Crippen molar-refractivity contribution < 1.29 is 33.8 Å². The van der Waals surface area contributed by atoms with E-state index in [9.17, 15) is 29.1 Å². The lowest BCUT2D eigenvalue weighted by Crippen LogP contribution is -2.54. The number of amides is 5. The van der Waals surface area contributed by atoms with E-state index in [1.807, 2.05) is 23.1 Å². The van der Waals surface area contributed by atoms with Crippen LogP contribution in [-0.2, 0) is 14.4 Å². The lowest BCUT2D eigenvalue weighted by molar-refractivity contribution is -0.137. The fraction of sp³-hybridized carbons (Fsp3) is 0.361. The van der Waals surface area contributed by atoms with Gasteiger partial charge in [0, 0.05) is 48.5 Å². The average Bonchev–Trinajstić information content (AvgIpc) is 3.59. The van der Waals surface area contributed by atoms with Crippen LogP contribution in [0, 0.1) is 0 Å². The van der Waals surface area contributed by atoms with Crippen LogP contribution in [-0.4, -0.2) is 85.4 Å². The fourth-order valence-electron chi connectivity index (χ4n) is 6.73. The summed E-state index contributed by atoms with van der Waals surface area (Å²) in [6.07, 6.45) is 4.95. The van der Waals surface area contributed by atoms with E-state index in [1.165, 1.54) is 0 Å². The zero-order valence-electron chi connectivity index (χ0n) is 26.8. The van der Waals surface area contributed by atoms with E-state index < -0.39 is 29.7 Å². The van der Waals surface area contributed by atoms with E-state index >= 15 is 0 Å². The molecular formula is C36H36N6O7. The molecule has 0 spiro atoms. The fourth-order valence-corrected chi connectivity index (χ4v) is 6.73. The molecule has 1 atom stereocenters. The predicted octanol–water partition coefficient (Wildman–Crippen LogP) is 4.08. The molecule has 7 rings (SSSR count). The number of rotatable bonds is 12. The van der Waals surface area contributed by atoms with Crippen LogP contribution < -0.4 is 10.1 Å². The molecule has 0 bridgehead atoms. The van der Waals surface area contributed by atoms with Crippen LogP contribution in [0.25, 0.3) is 22.3 Å². The number of para-hydroxylation sites is 1. The van der Waals surface area contributed by atoms with Crippen molar-refractivity contribution in [2.75, 3.05) is 19.7 Å². The van der Waals surface area contributed by atoms with Crippen LogP contribution in [0.5, 0.6) is 11.5 Å². The average molecular weight is 665 g/mol. The quantitative estimate of drug-likeness (QED) is 0.149. The Balaban J connectivity index is 0.809. The third-order valence-corrected chi connectivity index (χ3v) is 9.47. The van der Waals surface area contributed by atoms with Gasteiger partial charge in [0.1, 0.15) is 17.5 Å². The first-order chi connectivity index (χ1) is 23.8. The zero-order valence-corrected chi connectivity index (χ0v) is 26.8. The molecule has 2 aromatic carbocycles. The van der Waals surface area contributed by atoms with Crippen molar-refractivity contribution >= 4 is 40.6 Å². The van der Waals surface area contributed by atoms with Crippen LogP contribution >= 0.6 is 0 Å². The smallest absolute Gasteiger partial charge is 0.266 e. The number of aromatic hydroxyl groups is 1. The Kier molecular flexibility index (Phi) is 8.81. The molecule has 4 aromatic rings. The summed E-state index contributed by atoms with van der Waals surface area (Å²) in [6, 6.07) is 14.8. The van der Waals surface area contributed by atoms with Crippen molar-refractivity contribution in [2.24, 2.45) is 0 Å². The van der Waals surface area contributed by atoms with Crippen molar-refractivity contribution in [3.05, 3.63) is 71.4 Å². The molecule has 2 saturated heterocycles. The minimum absolute atomic E-state index is 0.0628. The third kappa shape index (κ3) is 6.35. The van der Waals surface area contributed by atoms with Crippen LogP contribution in [0.3, 0.4) is 0 Å². The number of aromatic nitrogens is 3. The standard InChI is InChI=1S/C36H36N6O7/c43-28-11-6-5-9-23(28)26-18-21-17-25(37-33(21)40-39-26)22-19-41(20-22)31(45)13-4-2-1-3-7-16-49-29-12-8-10-24-32(29)36(48)42(35(24)47)27-14-15-30(44)38-34(27)46/h5-6,8-12,17-18,22,27,43H,1-4,7,13-16,19-20H2,(H,37,40)(H,38,44,46). The molecule has 2 fully saturated rings. The monoisotopic (exact) mass is 664 g/mol. The van der Waals surface area contributed by atoms with Gasteiger partial charge in [0.2, 0.25) is 17.7 Å². The number of aromatic amines is 1. The van der Waals surface area contributed by atoms with Gasteiger partial charge < -0.3 is 19.7 Å². The van der Waals surface area contributed by atoms with E-state index in [4.69, 9.17) is 4.74 Å². The number of hydrogen-bond donors (Lipinski definition) is 3. The van der Waals surface area contributed by atoms with Gasteiger partial charge >= 0.3 is 0 Å². The molecule has 2 aromatic heterocycles. The van der Waals surface area contributed by atoms with E-state index in [2.05, 4.69) is 20.5 Å². The Hall–Kier alpha value is -5.59. The number of carbonyl (C=O) groups excluding carboxylic acids is 5. The SMILES string of the molecule is O=C1CCC(N2C(=O)c3cccc(OCCCCCCCC(=O)N4CC(c5cc6cc(-c7ccccc7O)nnc6[nH]5)C4)c3C2=O)C(=O)N1. The van der Waals surface area contributed by atoms with Gasteiger partial charge in [-0.05, 0) is 55.7 Å². The number of phenols is 1. The number of piperidine rings is 1. The number of hydrogen-bond acceptors (Lipinski definition) is 9. The highest BCUT2D eigenvalue weighted by Gasteiger charge is 2.46. The summed E-state index contributed by atoms with van der Waals surface area (Å²) < 4.78 is 5.91. The number of unbranched alkanes of at least 4 members (excludes halogenated alkanes) is 4. The van der Waals surface area contributed by atoms with Crippen molar-refractivity contribution in [3.8, 4) is 22.8 Å². The number of fused-ring (bicyclic) bond motifs is 2. The molecule has 5 heterocycles. The van der Waals surface area contributed by atoms with Gasteiger partial charge in [0.05, 0.1) is 23.4 Å². The first-order valence-electron chi connectivity index (χ1n) is 16.7. The Morgan fingerprint density at radius 2 is 1.67 bits per heavy atom. The largest absolute Gasteiger partial charge is 0.507 e. The van der Waals surface area contributed by atoms with Gasteiger partial charge in [0.25, 0.3) is 11.8 Å². The number of nitrogens with zero attached hydrogens (tertiary/aromatic N) is 4. The third-order valence-electron chi connectivity index (χ3n) is 9.47. The van der Waals surface area contributed by atoms with Crippen LogP contribution in [0.1, 0.15) is 83.7 Å². The molecule has 5 amide bonds. The van der Waals surface area contributed by atoms with Crippen molar-refractivity contribution in [1.82, 2.24) is 30.3 Å². The van der Waals surface area contributed by atoms with Crippen LogP contribution in [0.4, 0.5) is 0 Å². The van der Waals surface area contributed by atoms with E-state index in [-0.39, 0.29) is 41.5 Å². The molecule has 0 radical (unpaired) electrons. The van der Waals surface area contributed by atoms with E-state index in [0.717, 1.165) is 48.1 Å². The molecule has 3 aliphatic heterocycles. The number of phenolic OH excluding ortho intramolecular Hbond substituents is 1. The minimum Gasteiger partial charge on any atom is -0.507 e. The molecule has 3 N–H and O–H groups in total. The predicted molar refractivity (Wildman–Crippen MR) is 177 cm³/mol. The van der Waals surface area contributed by atoms with Gasteiger partial charge in [-0.1, -0.05) is 37.5 Å². The number of nitrogens with one attached hydrogen (secondary N) is 2. The molecule has 49 heavy (non-hydrogen) atoms. The summed E-state index contributed by atoms with van der Waals surface area (Å²) in [5.74, 6) is -1.38. The minimum atomic E-state index is -1.02. The molecule has 13 nitrogen and oxygen atoms in total. The van der Waals surface area contributed by atoms with E-state index in [1.54, 1.807) is 36.4 Å². The summed E-state index contributed by atoms with van der Waals surface area (Å²) in [7, 11) is 0. The Labute approximate surface area is 281 Å². The first-order valence-corrected chi connectivity index (χ1v) is 16.7. The molecule has 252 valence electrons. The highest BCUT2D eigenvalue weighted by atomic mass is 16.5. The van der Waals surface area contributed by atoms with Gasteiger partial charge in [-0.2, -0.15) is 0 Å². The van der Waals surface area contributed by atoms with Gasteiger partial charge in [-0.25, -0.2) is 0 Å². The Morgan fingerprint density at radius 3 is 2.49 bits per heavy atom. The molecule has 0 aliphatic carbocycles. The number of benzene rings is 2. The van der Waals surface area contributed by atoms with Gasteiger partial charge in [-0.15, -0.1) is 10.2 Å². The molecule has 13 heteroatoms. The second-order valence-electron chi connectivity index (χ2n) is 12.8. The summed E-state index contributed by atoms with van der Waals surface area (Å²) >= 11 is 0. The van der Waals surface area contributed by atoms with Gasteiger partial charge in [0.15, 0.2) is 5.65 Å². The Morgan fingerprint density at radius 1 is 0.898 bits per heavy atom. The first kappa shape index (κ1) is 32.0. The lowest BCUT2D eigenvalue weighted by Gasteiger charge is -2.39. The van der Waals surface area contributed by atoms with Crippen molar-refractivity contribution in [2.45, 2.75) is 63.3 Å². The topological polar surface area (TPSA) is 175 Å². The maximum atomic E-state index is 13.2. The maximum absolute atomic E-state index is 13.2. The molecule has 1 unspecified atom stereocenters. The van der Waals surface area contributed by atoms with Gasteiger partial charge in [-0.3, -0.25) is 34.2 Å². The number of likely N-dealkylation sites (tertiary alicyclic amines) is 1. The highest BCUT2D eigenvalue weighted by molar-refractivity contribution is 6.24. The summed E-state index contributed by atoms with van der Waals surface area (Å²) in [5.41, 5.74) is 3.27. The number of ether oxygens (including phenoxy) is 1. The number of carbonyl (C=O) groups is 5. The zero-order chi connectivity index (χ0) is 34.1. The lowest BCUT2D eigenvalue weighted by atomic mass is 9.95. The molecular weight excluding hydrogens is 628 g/mol. The second kappa shape index (κ2) is 13.5. The van der Waals surface area contributed by atoms with Crippen molar-refractivity contribution in [1.29, 1.82) is 0 Å². The molecule has 0 saturated carbocycles. The summed E-state index contributed by atoms with van der Waals surface area (Å²) in [4.78, 5) is 69.0. The Bertz CT molecular complexity index is 1970. The highest BCUT2D eigenvalue weighted by Crippen LogP contribution is 2.35. The summed E-state index contributed by atoms with van der Waals surface area (Å²) in [5, 5.41) is 21.8. The second-order valence-corrected chi connectivity index (χ2v) is 12.8. The maximum Gasteiger partial charge on any atom is 0.266 e. The summed E-state index contributed by atoms with van der Waals surface area (Å²) in [6.45, 7) is 1.68. The normalized spacial score (nSPS) is 17.8. The number of H-pyrrole nitrogens is 1. The van der Waals surface area contributed by atoms with Crippen molar-refractivity contribution in [3.63, 3.8) is 0 Å². The van der Waals surface area contributed by atoms with E-state index in [0.29, 0.717) is 48.8 Å².